The minimum absolute atomic E-state index is 0.0252. The number of anilines is 1. The van der Waals surface area contributed by atoms with E-state index in [0.717, 1.165) is 65.7 Å². The van der Waals surface area contributed by atoms with E-state index in [0.29, 0.717) is 85.5 Å². The van der Waals surface area contributed by atoms with Gasteiger partial charge in [0.1, 0.15) is 23.9 Å². The van der Waals surface area contributed by atoms with Crippen molar-refractivity contribution in [3.63, 3.8) is 0 Å². The van der Waals surface area contributed by atoms with Crippen molar-refractivity contribution in [1.82, 2.24) is 25.3 Å². The second kappa shape index (κ2) is 31.1. The molecule has 0 spiro atoms. The van der Waals surface area contributed by atoms with Crippen LogP contribution in [0, 0.1) is 11.8 Å². The number of hydrogen-bond acceptors (Lipinski definition) is 15. The topological polar surface area (TPSA) is 277 Å². The van der Waals surface area contributed by atoms with E-state index in [-0.39, 0.29) is 122 Å². The van der Waals surface area contributed by atoms with Crippen molar-refractivity contribution in [3.8, 4) is 11.5 Å². The average Bonchev–Trinajstić information content (AvgIpc) is 1.77. The number of aryl methyl sites for hydroxylation is 2. The number of aliphatic imine (C=N–C) groups is 1. The Morgan fingerprint density at radius 1 is 0.787 bits per heavy atom. The standard InChI is InChI=1S/C67H86N8O13S/c1-40(2)49(32-48(76)19-14-11-15-26-72-60(78)35-59(89-7)65(72)83)61(79)71-52(20-16-25-69-66(68)84)56(77)29-43-21-23-44(24-22-43)39-88-67(85)75-54-31-46(58(87-6)34-51(54)63(81)74-38-42(4)28-55(74)64(75)82)18-13-10-8-9-12-17-45-30-53-50(33-57(45)86-5)62(80)73-37-41(3)27-47(73)36-70-53/h21-24,30-31,33-34,36,40,47,49,52,55,59,64,82H,3-4,8-20,25-29,32,35,37-39H2,1-2,5-7H3,(H,71,79)(H3,68,69,84)/t47-,49-,52-,55-,59?,64-/m0/s1. The number of Topliss-reactive ketones (excluding diaryl/α,β-unsaturated/α-hetero) is 2. The van der Waals surface area contributed by atoms with Gasteiger partial charge in [0, 0.05) is 64.0 Å². The third-order valence-corrected chi connectivity index (χ3v) is 18.5. The van der Waals surface area contributed by atoms with Crippen LogP contribution in [0.25, 0.3) is 0 Å². The molecule has 0 aromatic heterocycles. The van der Waals surface area contributed by atoms with E-state index >= 15 is 0 Å². The van der Waals surface area contributed by atoms with Crippen LogP contribution in [-0.4, -0.2) is 156 Å². The molecular weight excluding hydrogens is 1160 g/mol. The highest BCUT2D eigenvalue weighted by Crippen LogP contribution is 2.41. The van der Waals surface area contributed by atoms with Crippen molar-refractivity contribution in [3.05, 3.63) is 106 Å². The highest BCUT2D eigenvalue weighted by molar-refractivity contribution is 8.00. The zero-order valence-electron chi connectivity index (χ0n) is 52.0. The van der Waals surface area contributed by atoms with Crippen molar-refractivity contribution >= 4 is 82.6 Å². The summed E-state index contributed by atoms with van der Waals surface area (Å²) in [6, 6.07) is 11.4. The number of nitrogens with zero attached hydrogens (tertiary/aromatic N) is 5. The van der Waals surface area contributed by atoms with Crippen molar-refractivity contribution in [2.45, 2.75) is 166 Å². The number of ketones is 2. The minimum Gasteiger partial charge on any atom is -0.496 e. The first kappa shape index (κ1) is 67.1. The number of fused-ring (bicyclic) bond motifs is 4. The number of imide groups is 1. The number of aliphatic hydroxyl groups excluding tert-OH is 1. The predicted molar refractivity (Wildman–Crippen MR) is 339 cm³/mol. The summed E-state index contributed by atoms with van der Waals surface area (Å²) in [7, 11) is 3.15. The van der Waals surface area contributed by atoms with Gasteiger partial charge in [0.25, 0.3) is 11.8 Å². The summed E-state index contributed by atoms with van der Waals surface area (Å²) in [4.78, 5) is 130. The number of rotatable bonds is 31. The fraction of sp³-hybridized carbons (Fsp3) is 0.522. The maximum atomic E-state index is 14.4. The van der Waals surface area contributed by atoms with Crippen LogP contribution in [0.3, 0.4) is 0 Å². The normalized spacial score (nSPS) is 19.4. The number of carbonyl (C=O) groups is 9. The van der Waals surface area contributed by atoms with E-state index in [1.54, 1.807) is 49.8 Å². The van der Waals surface area contributed by atoms with E-state index in [2.05, 4.69) is 23.8 Å². The summed E-state index contributed by atoms with van der Waals surface area (Å²) in [5.41, 5.74) is 11.5. The molecule has 21 nitrogen and oxygen atoms in total. The number of methoxy groups -OCH3 is 2. The second-order valence-corrected chi connectivity index (χ2v) is 25.4. The Morgan fingerprint density at radius 2 is 1.42 bits per heavy atom. The number of nitrogens with two attached hydrogens (primary N) is 1. The maximum Gasteiger partial charge on any atom is 0.416 e. The largest absolute Gasteiger partial charge is 0.496 e. The molecule has 5 heterocycles. The number of thioether (sulfide) groups is 1. The lowest BCUT2D eigenvalue weighted by molar-refractivity contribution is -0.138. The van der Waals surface area contributed by atoms with Crippen molar-refractivity contribution < 1.29 is 62.5 Å². The van der Waals surface area contributed by atoms with Gasteiger partial charge in [-0.15, -0.1) is 0 Å². The Morgan fingerprint density at radius 3 is 2.08 bits per heavy atom. The van der Waals surface area contributed by atoms with Gasteiger partial charge in [0.15, 0.2) is 12.0 Å². The average molecular weight is 1240 g/mol. The molecule has 1 unspecified atom stereocenters. The number of urea groups is 1. The summed E-state index contributed by atoms with van der Waals surface area (Å²) in [5.74, 6) is -1.43. The molecule has 5 aliphatic heterocycles. The maximum absolute atomic E-state index is 14.4. The van der Waals surface area contributed by atoms with Gasteiger partial charge in [-0.2, -0.15) is 11.8 Å². The number of aliphatic hydroxyl groups is 1. The minimum atomic E-state index is -1.47. The third kappa shape index (κ3) is 16.7. The molecule has 3 fully saturated rings. The summed E-state index contributed by atoms with van der Waals surface area (Å²) >= 11 is 1.36. The fourth-order valence-corrected chi connectivity index (χ4v) is 13.2. The first-order chi connectivity index (χ1) is 42.7. The molecule has 22 heteroatoms. The van der Waals surface area contributed by atoms with Gasteiger partial charge >= 0.3 is 12.1 Å². The van der Waals surface area contributed by atoms with Crippen LogP contribution in [0.2, 0.25) is 0 Å². The first-order valence-electron chi connectivity index (χ1n) is 31.1. The molecule has 8 amide bonds. The van der Waals surface area contributed by atoms with Crippen LogP contribution < -0.4 is 30.7 Å². The molecule has 3 saturated heterocycles. The molecule has 89 heavy (non-hydrogen) atoms. The van der Waals surface area contributed by atoms with E-state index in [4.69, 9.17) is 24.9 Å². The number of benzene rings is 3. The van der Waals surface area contributed by atoms with E-state index in [1.165, 1.54) is 28.7 Å². The van der Waals surface area contributed by atoms with Crippen LogP contribution in [0.4, 0.5) is 21.0 Å². The molecule has 5 aliphatic rings. The molecule has 5 N–H and O–H groups in total. The van der Waals surface area contributed by atoms with Crippen molar-refractivity contribution in [2.24, 2.45) is 22.6 Å². The number of amides is 8. The summed E-state index contributed by atoms with van der Waals surface area (Å²) in [6.45, 7) is 12.8. The van der Waals surface area contributed by atoms with E-state index < -0.39 is 42.3 Å². The highest BCUT2D eigenvalue weighted by atomic mass is 32.2. The number of unbranched alkanes of at least 4 members (excludes halogenated alkanes) is 6. The van der Waals surface area contributed by atoms with Crippen LogP contribution in [-0.2, 0) is 54.6 Å². The lowest BCUT2D eigenvalue weighted by atomic mass is 9.88. The van der Waals surface area contributed by atoms with Crippen LogP contribution in [0.15, 0.2) is 77.8 Å². The number of ether oxygens (including phenoxy) is 3. The van der Waals surface area contributed by atoms with Gasteiger partial charge in [-0.1, -0.05) is 88.1 Å². The molecule has 3 aromatic carbocycles. The van der Waals surface area contributed by atoms with Gasteiger partial charge in [-0.05, 0) is 123 Å². The third-order valence-electron chi connectivity index (χ3n) is 17.6. The van der Waals surface area contributed by atoms with Gasteiger partial charge in [0.05, 0.1) is 60.1 Å². The van der Waals surface area contributed by atoms with E-state index in [9.17, 15) is 48.3 Å². The number of primary amides is 1. The Kier molecular flexibility index (Phi) is 23.4. The Hall–Kier alpha value is -7.85. The molecule has 0 aliphatic carbocycles. The predicted octanol–water partition coefficient (Wildman–Crippen LogP) is 8.50. The number of nitrogens with one attached hydrogen (secondary N) is 2. The number of hydrogen-bond donors (Lipinski definition) is 4. The van der Waals surface area contributed by atoms with Crippen molar-refractivity contribution in [1.29, 1.82) is 0 Å². The number of carbonyl (C=O) groups excluding carboxylic acids is 9. The lowest BCUT2D eigenvalue weighted by Gasteiger charge is -2.31. The lowest BCUT2D eigenvalue weighted by Crippen LogP contribution is -2.50. The first-order valence-corrected chi connectivity index (χ1v) is 32.4. The molecular formula is C67H86N8O13S. The van der Waals surface area contributed by atoms with Gasteiger partial charge < -0.3 is 45.5 Å². The van der Waals surface area contributed by atoms with E-state index in [1.807, 2.05) is 37.1 Å². The number of likely N-dealkylation sites (tertiary alicyclic amines) is 1. The smallest absolute Gasteiger partial charge is 0.416 e. The van der Waals surface area contributed by atoms with Crippen LogP contribution in [0.1, 0.15) is 153 Å². The Labute approximate surface area is 525 Å². The van der Waals surface area contributed by atoms with Gasteiger partial charge in [-0.3, -0.25) is 43.5 Å². The zero-order chi connectivity index (χ0) is 64.1. The molecule has 0 bridgehead atoms. The van der Waals surface area contributed by atoms with Gasteiger partial charge in [0.2, 0.25) is 17.7 Å². The SMILES string of the molecule is C=C1C[C@H]2C=Nc3cc(CCCCCCCc4cc5c(cc4OC)C(=O)N4CC(=C)C[C@H]4[C@H](O)N5C(=O)OCc4ccc(CC(=O)[C@H](CCCNC(N)=O)NC(=O)[C@@H](CC(=O)CCCCCN5C(=O)CC(SC)C5=O)C(C)C)cc4)c(OC)cc3C(=O)N2C1. The van der Waals surface area contributed by atoms with Crippen LogP contribution >= 0.6 is 11.8 Å². The fourth-order valence-electron chi connectivity index (χ4n) is 12.5. The molecule has 6 atom stereocenters. The van der Waals surface area contributed by atoms with Gasteiger partial charge in [-0.25, -0.2) is 14.5 Å². The highest BCUT2D eigenvalue weighted by Gasteiger charge is 2.46. The Bertz CT molecular complexity index is 3220. The molecule has 0 saturated carbocycles. The summed E-state index contributed by atoms with van der Waals surface area (Å²) in [5, 5.41) is 17.1. The molecule has 3 aromatic rings. The van der Waals surface area contributed by atoms with Crippen molar-refractivity contribution in [2.75, 3.05) is 51.6 Å². The quantitative estimate of drug-likeness (QED) is 0.0267. The second-order valence-electron chi connectivity index (χ2n) is 24.3. The molecule has 0 radical (unpaired) electrons. The van der Waals surface area contributed by atoms with Crippen LogP contribution in [0.5, 0.6) is 11.5 Å². The summed E-state index contributed by atoms with van der Waals surface area (Å²) < 4.78 is 17.5. The monoisotopic (exact) mass is 1240 g/mol. The summed E-state index contributed by atoms with van der Waals surface area (Å²) in [6.07, 6.45) is 10.6. The zero-order valence-corrected chi connectivity index (χ0v) is 52.8. The molecule has 8 rings (SSSR count). The molecule has 478 valence electrons. The Balaban J connectivity index is 0.859.